The first-order valence-electron chi connectivity index (χ1n) is 9.22. The predicted molar refractivity (Wildman–Crippen MR) is 101 cm³/mol. The second-order valence-electron chi connectivity index (χ2n) is 8.10. The van der Waals surface area contributed by atoms with E-state index >= 15 is 0 Å². The summed E-state index contributed by atoms with van der Waals surface area (Å²) in [6.07, 6.45) is -12.1. The zero-order valence-corrected chi connectivity index (χ0v) is 17.5. The maximum Gasteiger partial charge on any atom is 0.430 e. The van der Waals surface area contributed by atoms with Crippen LogP contribution in [0.4, 0.5) is 36.4 Å². The van der Waals surface area contributed by atoms with Crippen LogP contribution in [0.15, 0.2) is 47.4 Å². The number of sulfonamides is 1. The molecule has 1 N–H and O–H groups in total. The van der Waals surface area contributed by atoms with Gasteiger partial charge in [0.1, 0.15) is 5.82 Å². The lowest BCUT2D eigenvalue weighted by Crippen LogP contribution is -2.54. The van der Waals surface area contributed by atoms with Gasteiger partial charge in [-0.05, 0) is 53.8 Å². The Kier molecular flexibility index (Phi) is 5.57. The molecule has 2 aromatic rings. The number of rotatable bonds is 3. The van der Waals surface area contributed by atoms with Crippen molar-refractivity contribution in [1.82, 2.24) is 0 Å². The lowest BCUT2D eigenvalue weighted by molar-refractivity contribution is -0.376. The van der Waals surface area contributed by atoms with Crippen LogP contribution in [0.1, 0.15) is 31.4 Å². The summed E-state index contributed by atoms with van der Waals surface area (Å²) in [4.78, 5) is -0.296. The molecular formula is C20H18F7NO3S. The number of benzene rings is 2. The summed E-state index contributed by atoms with van der Waals surface area (Å²) in [5.74, 6) is -0.688. The van der Waals surface area contributed by atoms with Gasteiger partial charge in [-0.25, -0.2) is 12.8 Å². The molecular weight excluding hydrogens is 467 g/mol. The molecule has 0 aliphatic carbocycles. The van der Waals surface area contributed by atoms with Crippen molar-refractivity contribution in [2.75, 3.05) is 10.8 Å². The van der Waals surface area contributed by atoms with E-state index in [0.717, 1.165) is 34.6 Å². The Hall–Kier alpha value is -2.34. The first kappa shape index (κ1) is 24.3. The third-order valence-corrected chi connectivity index (χ3v) is 7.40. The van der Waals surface area contributed by atoms with E-state index in [0.29, 0.717) is 12.1 Å². The fraction of sp³-hybridized carbons (Fsp3) is 0.400. The topological polar surface area (TPSA) is 57.6 Å². The lowest BCUT2D eigenvalue weighted by Gasteiger charge is -2.41. The monoisotopic (exact) mass is 485 g/mol. The fourth-order valence-electron chi connectivity index (χ4n) is 3.63. The maximum absolute atomic E-state index is 13.3. The quantitative estimate of drug-likeness (QED) is 0.622. The minimum absolute atomic E-state index is 0.0698. The van der Waals surface area contributed by atoms with Crippen molar-refractivity contribution in [3.8, 4) is 0 Å². The standard InChI is InChI=1S/C20H18F7NO3S/c1-17(2)9-10-28(32(30,31)14-6-4-13(21)5-7-14)16-8-3-12(11-15(16)17)18(29,19(22,23)24)20(25,26)27/h3-8,11,29H,9-10H2,1-2H3. The van der Waals surface area contributed by atoms with Crippen LogP contribution in [-0.2, 0) is 21.0 Å². The normalized spacial score (nSPS) is 17.2. The van der Waals surface area contributed by atoms with Crippen LogP contribution in [0.2, 0.25) is 0 Å². The van der Waals surface area contributed by atoms with Crippen LogP contribution >= 0.6 is 0 Å². The second kappa shape index (κ2) is 7.34. The first-order valence-corrected chi connectivity index (χ1v) is 10.7. The smallest absolute Gasteiger partial charge is 0.369 e. The molecule has 12 heteroatoms. The molecule has 0 bridgehead atoms. The van der Waals surface area contributed by atoms with Crippen LogP contribution in [0.5, 0.6) is 0 Å². The third-order valence-electron chi connectivity index (χ3n) is 5.57. The Morgan fingerprint density at radius 1 is 0.938 bits per heavy atom. The summed E-state index contributed by atoms with van der Waals surface area (Å²) in [5.41, 5.74) is -7.84. The first-order chi connectivity index (χ1) is 14.4. The van der Waals surface area contributed by atoms with Gasteiger partial charge in [-0.1, -0.05) is 19.9 Å². The van der Waals surface area contributed by atoms with Gasteiger partial charge in [0, 0.05) is 12.1 Å². The summed E-state index contributed by atoms with van der Waals surface area (Å²) < 4.78 is 120. The van der Waals surface area contributed by atoms with Gasteiger partial charge in [-0.15, -0.1) is 0 Å². The van der Waals surface area contributed by atoms with E-state index in [-0.39, 0.29) is 29.1 Å². The van der Waals surface area contributed by atoms with E-state index in [1.807, 2.05) is 0 Å². The third kappa shape index (κ3) is 3.72. The van der Waals surface area contributed by atoms with E-state index in [4.69, 9.17) is 0 Å². The molecule has 0 saturated heterocycles. The van der Waals surface area contributed by atoms with Crippen LogP contribution in [-0.4, -0.2) is 32.4 Å². The molecule has 4 nitrogen and oxygen atoms in total. The minimum Gasteiger partial charge on any atom is -0.369 e. The molecule has 0 spiro atoms. The van der Waals surface area contributed by atoms with Crippen molar-refractivity contribution >= 4 is 15.7 Å². The highest BCUT2D eigenvalue weighted by Crippen LogP contribution is 2.52. The minimum atomic E-state index is -6.07. The average molecular weight is 485 g/mol. The highest BCUT2D eigenvalue weighted by Gasteiger charge is 2.71. The Morgan fingerprint density at radius 3 is 1.97 bits per heavy atom. The summed E-state index contributed by atoms with van der Waals surface area (Å²) in [6.45, 7) is 2.97. The number of hydrogen-bond donors (Lipinski definition) is 1. The molecule has 1 heterocycles. The van der Waals surface area contributed by atoms with Gasteiger partial charge in [0.15, 0.2) is 0 Å². The molecule has 0 aromatic heterocycles. The van der Waals surface area contributed by atoms with Crippen LogP contribution in [0.3, 0.4) is 0 Å². The van der Waals surface area contributed by atoms with Crippen molar-refractivity contribution in [2.45, 2.75) is 48.5 Å². The molecule has 0 radical (unpaired) electrons. The zero-order chi connectivity index (χ0) is 24.3. The van der Waals surface area contributed by atoms with E-state index in [1.165, 1.54) is 13.8 Å². The van der Waals surface area contributed by atoms with Crippen molar-refractivity contribution in [2.24, 2.45) is 0 Å². The Morgan fingerprint density at radius 2 is 1.47 bits per heavy atom. The van der Waals surface area contributed by atoms with Gasteiger partial charge in [0.05, 0.1) is 10.6 Å². The Bertz CT molecular complexity index is 1110. The highest BCUT2D eigenvalue weighted by atomic mass is 32.2. The van der Waals surface area contributed by atoms with Gasteiger partial charge in [-0.3, -0.25) is 4.31 Å². The molecule has 0 fully saturated rings. The fourth-order valence-corrected chi connectivity index (χ4v) is 5.11. The van der Waals surface area contributed by atoms with Crippen LogP contribution in [0.25, 0.3) is 0 Å². The molecule has 0 amide bonds. The molecule has 0 atom stereocenters. The van der Waals surface area contributed by atoms with Crippen molar-refractivity contribution in [3.63, 3.8) is 0 Å². The van der Waals surface area contributed by atoms with E-state index in [1.54, 1.807) is 0 Å². The molecule has 1 aliphatic rings. The number of anilines is 1. The Balaban J connectivity index is 2.21. The van der Waals surface area contributed by atoms with Gasteiger partial charge in [-0.2, -0.15) is 26.3 Å². The molecule has 0 unspecified atom stereocenters. The van der Waals surface area contributed by atoms with Crippen LogP contribution < -0.4 is 4.31 Å². The molecule has 32 heavy (non-hydrogen) atoms. The van der Waals surface area contributed by atoms with Crippen molar-refractivity contribution in [3.05, 3.63) is 59.4 Å². The summed E-state index contributed by atoms with van der Waals surface area (Å²) in [7, 11) is -4.29. The molecule has 2 aromatic carbocycles. The number of fused-ring (bicyclic) bond motifs is 1. The number of halogens is 7. The van der Waals surface area contributed by atoms with Gasteiger partial charge >= 0.3 is 12.4 Å². The Labute approximate surface area is 179 Å². The largest absolute Gasteiger partial charge is 0.430 e. The highest BCUT2D eigenvalue weighted by molar-refractivity contribution is 7.92. The second-order valence-corrected chi connectivity index (χ2v) is 9.97. The van der Waals surface area contributed by atoms with Crippen molar-refractivity contribution in [1.29, 1.82) is 0 Å². The average Bonchev–Trinajstić information content (AvgIpc) is 2.65. The van der Waals surface area contributed by atoms with E-state index in [9.17, 15) is 44.3 Å². The number of aliphatic hydroxyl groups is 1. The summed E-state index contributed by atoms with van der Waals surface area (Å²) >= 11 is 0. The lowest BCUT2D eigenvalue weighted by atomic mass is 9.76. The van der Waals surface area contributed by atoms with Gasteiger partial charge in [0.25, 0.3) is 15.6 Å². The number of hydrogen-bond acceptors (Lipinski definition) is 3. The number of nitrogens with zero attached hydrogens (tertiary/aromatic N) is 1. The molecule has 1 aliphatic heterocycles. The summed E-state index contributed by atoms with van der Waals surface area (Å²) in [6, 6.07) is 5.61. The van der Waals surface area contributed by atoms with Gasteiger partial charge in [0.2, 0.25) is 0 Å². The SMILES string of the molecule is CC1(C)CCN(S(=O)(=O)c2ccc(F)cc2)c2ccc(C(O)(C(F)(F)F)C(F)(F)F)cc21. The van der Waals surface area contributed by atoms with Crippen LogP contribution in [0, 0.1) is 5.82 Å². The van der Waals surface area contributed by atoms with Gasteiger partial charge < -0.3 is 5.11 Å². The zero-order valence-electron chi connectivity index (χ0n) is 16.7. The van der Waals surface area contributed by atoms with Crippen molar-refractivity contribution < 1.29 is 44.3 Å². The van der Waals surface area contributed by atoms with E-state index < -0.39 is 44.8 Å². The number of alkyl halides is 6. The summed E-state index contributed by atoms with van der Waals surface area (Å²) in [5, 5.41) is 9.74. The predicted octanol–water partition coefficient (Wildman–Crippen LogP) is 5.01. The molecule has 176 valence electrons. The van der Waals surface area contributed by atoms with E-state index in [2.05, 4.69) is 0 Å². The maximum atomic E-state index is 13.3. The molecule has 0 saturated carbocycles. The molecule has 3 rings (SSSR count).